The fourth-order valence-corrected chi connectivity index (χ4v) is 3.28. The van der Waals surface area contributed by atoms with Gasteiger partial charge < -0.3 is 14.4 Å². The average molecular weight is 354 g/mol. The molecule has 1 amide bonds. The molecule has 1 aliphatic rings. The van der Waals surface area contributed by atoms with Crippen LogP contribution in [0.1, 0.15) is 24.8 Å². The molecule has 1 aliphatic heterocycles. The van der Waals surface area contributed by atoms with Crippen LogP contribution in [0.4, 0.5) is 0 Å². The second-order valence-corrected chi connectivity index (χ2v) is 6.67. The number of amides is 1. The van der Waals surface area contributed by atoms with E-state index in [0.29, 0.717) is 18.9 Å². The number of rotatable bonds is 7. The summed E-state index contributed by atoms with van der Waals surface area (Å²) in [6.07, 6.45) is 7.06. The van der Waals surface area contributed by atoms with E-state index in [1.807, 2.05) is 41.3 Å². The predicted octanol–water partition coefficient (Wildman–Crippen LogP) is 3.34. The number of carbonyl (C=O) groups excluding carboxylic acids is 1. The summed E-state index contributed by atoms with van der Waals surface area (Å²) in [5, 5.41) is 0. The summed E-state index contributed by atoms with van der Waals surface area (Å²) in [5.74, 6) is 2.52. The molecular weight excluding hydrogens is 328 g/mol. The van der Waals surface area contributed by atoms with Crippen LogP contribution in [0.15, 0.2) is 48.8 Å². The predicted molar refractivity (Wildman–Crippen MR) is 100 cm³/mol. The summed E-state index contributed by atoms with van der Waals surface area (Å²) >= 11 is 0. The van der Waals surface area contributed by atoms with Crippen LogP contribution in [0.2, 0.25) is 0 Å². The lowest BCUT2D eigenvalue weighted by molar-refractivity contribution is -0.131. The van der Waals surface area contributed by atoms with Crippen LogP contribution in [-0.4, -0.2) is 42.6 Å². The number of likely N-dealkylation sites (tertiary alicyclic amines) is 1. The number of nitrogens with zero attached hydrogens (tertiary/aromatic N) is 2. The summed E-state index contributed by atoms with van der Waals surface area (Å²) in [6, 6.07) is 11.5. The van der Waals surface area contributed by atoms with Crippen LogP contribution in [0, 0.1) is 5.92 Å². The highest BCUT2D eigenvalue weighted by atomic mass is 16.5. The Morgan fingerprint density at radius 3 is 2.42 bits per heavy atom. The van der Waals surface area contributed by atoms with Gasteiger partial charge in [0.2, 0.25) is 5.91 Å². The molecule has 0 bridgehead atoms. The SMILES string of the molecule is COc1ccc(CC(=O)N2CCC(CCOc3ccncc3)CC2)cc1. The van der Waals surface area contributed by atoms with Crippen molar-refractivity contribution < 1.29 is 14.3 Å². The van der Waals surface area contributed by atoms with E-state index < -0.39 is 0 Å². The van der Waals surface area contributed by atoms with Crippen LogP contribution < -0.4 is 9.47 Å². The first-order chi connectivity index (χ1) is 12.7. The molecule has 0 aliphatic carbocycles. The van der Waals surface area contributed by atoms with E-state index in [9.17, 15) is 4.79 Å². The van der Waals surface area contributed by atoms with Gasteiger partial charge in [-0.3, -0.25) is 9.78 Å². The maximum absolute atomic E-state index is 12.5. The third-order valence-electron chi connectivity index (χ3n) is 4.93. The van der Waals surface area contributed by atoms with Crippen molar-refractivity contribution in [1.29, 1.82) is 0 Å². The van der Waals surface area contributed by atoms with Crippen molar-refractivity contribution in [3.8, 4) is 11.5 Å². The molecule has 0 atom stereocenters. The maximum Gasteiger partial charge on any atom is 0.226 e. The van der Waals surface area contributed by atoms with Gasteiger partial charge in [-0.2, -0.15) is 0 Å². The number of aromatic nitrogens is 1. The molecule has 0 saturated carbocycles. The van der Waals surface area contributed by atoms with Crippen molar-refractivity contribution in [1.82, 2.24) is 9.88 Å². The molecule has 1 aromatic heterocycles. The van der Waals surface area contributed by atoms with Crippen molar-refractivity contribution in [3.05, 3.63) is 54.4 Å². The first-order valence-corrected chi connectivity index (χ1v) is 9.18. The molecule has 1 saturated heterocycles. The number of hydrogen-bond acceptors (Lipinski definition) is 4. The Morgan fingerprint density at radius 2 is 1.77 bits per heavy atom. The van der Waals surface area contributed by atoms with Crippen LogP contribution in [0.3, 0.4) is 0 Å². The number of piperidine rings is 1. The van der Waals surface area contributed by atoms with Gasteiger partial charge in [0, 0.05) is 25.5 Å². The quantitative estimate of drug-likeness (QED) is 0.765. The lowest BCUT2D eigenvalue weighted by Gasteiger charge is -2.32. The van der Waals surface area contributed by atoms with Crippen molar-refractivity contribution in [2.75, 3.05) is 26.8 Å². The molecule has 0 unspecified atom stereocenters. The Bertz CT molecular complexity index is 680. The monoisotopic (exact) mass is 354 g/mol. The molecular formula is C21H26N2O3. The van der Waals surface area contributed by atoms with Gasteiger partial charge in [-0.15, -0.1) is 0 Å². The van der Waals surface area contributed by atoms with Gasteiger partial charge >= 0.3 is 0 Å². The van der Waals surface area contributed by atoms with Gasteiger partial charge in [0.15, 0.2) is 0 Å². The second-order valence-electron chi connectivity index (χ2n) is 6.67. The minimum atomic E-state index is 0.210. The average Bonchev–Trinajstić information content (AvgIpc) is 2.70. The fourth-order valence-electron chi connectivity index (χ4n) is 3.28. The molecule has 138 valence electrons. The summed E-state index contributed by atoms with van der Waals surface area (Å²) in [4.78, 5) is 18.5. The number of ether oxygens (including phenoxy) is 2. The molecule has 5 nitrogen and oxygen atoms in total. The lowest BCUT2D eigenvalue weighted by atomic mass is 9.93. The molecule has 0 radical (unpaired) electrons. The van der Waals surface area contributed by atoms with Crippen molar-refractivity contribution in [2.24, 2.45) is 5.92 Å². The largest absolute Gasteiger partial charge is 0.497 e. The second kappa shape index (κ2) is 9.22. The highest BCUT2D eigenvalue weighted by Crippen LogP contribution is 2.22. The zero-order chi connectivity index (χ0) is 18.2. The van der Waals surface area contributed by atoms with Gasteiger partial charge in [0.05, 0.1) is 20.1 Å². The van der Waals surface area contributed by atoms with Crippen molar-refractivity contribution >= 4 is 5.91 Å². The molecule has 2 heterocycles. The third-order valence-corrected chi connectivity index (χ3v) is 4.93. The first-order valence-electron chi connectivity index (χ1n) is 9.18. The summed E-state index contributed by atoms with van der Waals surface area (Å²) in [5.41, 5.74) is 1.03. The third kappa shape index (κ3) is 5.22. The van der Waals surface area contributed by atoms with Gasteiger partial charge in [-0.1, -0.05) is 12.1 Å². The number of methoxy groups -OCH3 is 1. The molecule has 2 aromatic rings. The van der Waals surface area contributed by atoms with Crippen LogP contribution in [0.25, 0.3) is 0 Å². The van der Waals surface area contributed by atoms with E-state index in [4.69, 9.17) is 9.47 Å². The van der Waals surface area contributed by atoms with Gasteiger partial charge in [0.1, 0.15) is 11.5 Å². The standard InChI is InChI=1S/C21H26N2O3/c1-25-19-4-2-18(3-5-19)16-21(24)23-13-8-17(9-14-23)10-15-26-20-6-11-22-12-7-20/h2-7,11-12,17H,8-10,13-16H2,1H3. The van der Waals surface area contributed by atoms with Crippen LogP contribution >= 0.6 is 0 Å². The molecule has 26 heavy (non-hydrogen) atoms. The minimum Gasteiger partial charge on any atom is -0.497 e. The lowest BCUT2D eigenvalue weighted by Crippen LogP contribution is -2.39. The molecule has 1 fully saturated rings. The van der Waals surface area contributed by atoms with Crippen LogP contribution in [0.5, 0.6) is 11.5 Å². The molecule has 5 heteroatoms. The molecule has 0 N–H and O–H groups in total. The van der Waals surface area contributed by atoms with Crippen molar-refractivity contribution in [3.63, 3.8) is 0 Å². The summed E-state index contributed by atoms with van der Waals surface area (Å²) in [6.45, 7) is 2.40. The number of benzene rings is 1. The topological polar surface area (TPSA) is 51.7 Å². The highest BCUT2D eigenvalue weighted by molar-refractivity contribution is 5.78. The normalized spacial score (nSPS) is 14.9. The first kappa shape index (κ1) is 18.2. The number of pyridine rings is 1. The van der Waals surface area contributed by atoms with E-state index in [1.54, 1.807) is 19.5 Å². The van der Waals surface area contributed by atoms with E-state index in [0.717, 1.165) is 49.4 Å². The van der Waals surface area contributed by atoms with E-state index in [2.05, 4.69) is 4.98 Å². The van der Waals surface area contributed by atoms with E-state index in [-0.39, 0.29) is 5.91 Å². The summed E-state index contributed by atoms with van der Waals surface area (Å²) < 4.78 is 10.9. The number of hydrogen-bond donors (Lipinski definition) is 0. The van der Waals surface area contributed by atoms with E-state index in [1.165, 1.54) is 0 Å². The molecule has 3 rings (SSSR count). The Labute approximate surface area is 155 Å². The zero-order valence-corrected chi connectivity index (χ0v) is 15.3. The smallest absolute Gasteiger partial charge is 0.226 e. The van der Waals surface area contributed by atoms with Gasteiger partial charge in [-0.05, 0) is 55.0 Å². The van der Waals surface area contributed by atoms with Crippen LogP contribution in [-0.2, 0) is 11.2 Å². The zero-order valence-electron chi connectivity index (χ0n) is 15.3. The summed E-state index contributed by atoms with van der Waals surface area (Å²) in [7, 11) is 1.65. The Kier molecular flexibility index (Phi) is 6.47. The fraction of sp³-hybridized carbons (Fsp3) is 0.429. The Hall–Kier alpha value is -2.56. The van der Waals surface area contributed by atoms with Gasteiger partial charge in [0.25, 0.3) is 0 Å². The minimum absolute atomic E-state index is 0.210. The Balaban J connectivity index is 1.37. The van der Waals surface area contributed by atoms with E-state index >= 15 is 0 Å². The van der Waals surface area contributed by atoms with Crippen molar-refractivity contribution in [2.45, 2.75) is 25.7 Å². The Morgan fingerprint density at radius 1 is 1.08 bits per heavy atom. The highest BCUT2D eigenvalue weighted by Gasteiger charge is 2.22. The number of carbonyl (C=O) groups is 1. The molecule has 1 aromatic carbocycles. The van der Waals surface area contributed by atoms with Gasteiger partial charge in [-0.25, -0.2) is 0 Å². The maximum atomic E-state index is 12.5. The molecule has 0 spiro atoms.